The molecular formula is C13H24O3. The van der Waals surface area contributed by atoms with Crippen LogP contribution in [0.3, 0.4) is 0 Å². The van der Waals surface area contributed by atoms with E-state index in [1.165, 1.54) is 19.3 Å². The highest BCUT2D eigenvalue weighted by Crippen LogP contribution is 2.07. The van der Waals surface area contributed by atoms with Crippen LogP contribution in [0, 0.1) is 5.92 Å². The Hall–Kier alpha value is -0.830. The van der Waals surface area contributed by atoms with Crippen LogP contribution in [0.1, 0.15) is 39.5 Å². The second kappa shape index (κ2) is 10.7. The van der Waals surface area contributed by atoms with Crippen molar-refractivity contribution in [2.45, 2.75) is 39.5 Å². The van der Waals surface area contributed by atoms with Crippen LogP contribution in [0.5, 0.6) is 0 Å². The molecule has 0 aromatic heterocycles. The Morgan fingerprint density at radius 2 is 1.94 bits per heavy atom. The van der Waals surface area contributed by atoms with Crippen molar-refractivity contribution in [1.82, 2.24) is 0 Å². The lowest BCUT2D eigenvalue weighted by atomic mass is 10.1. The summed E-state index contributed by atoms with van der Waals surface area (Å²) in [6.45, 7) is 9.34. The summed E-state index contributed by atoms with van der Waals surface area (Å²) in [5.41, 5.74) is 0. The van der Waals surface area contributed by atoms with Crippen molar-refractivity contribution in [1.29, 1.82) is 0 Å². The maximum Gasteiger partial charge on any atom is 0.330 e. The molecule has 0 aliphatic heterocycles. The fourth-order valence-electron chi connectivity index (χ4n) is 1.30. The quantitative estimate of drug-likeness (QED) is 0.327. The molecule has 0 aliphatic rings. The highest BCUT2D eigenvalue weighted by atomic mass is 16.6. The number of carbonyl (C=O) groups excluding carboxylic acids is 1. The van der Waals surface area contributed by atoms with Crippen LogP contribution in [-0.4, -0.2) is 25.8 Å². The van der Waals surface area contributed by atoms with Gasteiger partial charge in [-0.3, -0.25) is 0 Å². The van der Waals surface area contributed by atoms with Gasteiger partial charge >= 0.3 is 5.97 Å². The lowest BCUT2D eigenvalue weighted by molar-refractivity contribution is -0.139. The predicted molar refractivity (Wildman–Crippen MR) is 65.3 cm³/mol. The molecule has 0 saturated carbocycles. The first-order valence-corrected chi connectivity index (χ1v) is 6.03. The summed E-state index contributed by atoms with van der Waals surface area (Å²) in [6.07, 6.45) is 6.02. The molecule has 0 saturated heterocycles. The van der Waals surface area contributed by atoms with Gasteiger partial charge in [0.15, 0.2) is 0 Å². The summed E-state index contributed by atoms with van der Waals surface area (Å²) >= 11 is 0. The molecule has 3 heteroatoms. The van der Waals surface area contributed by atoms with Gasteiger partial charge in [0.2, 0.25) is 0 Å². The normalized spacial score (nSPS) is 10.4. The van der Waals surface area contributed by atoms with E-state index in [-0.39, 0.29) is 5.97 Å². The van der Waals surface area contributed by atoms with Crippen LogP contribution in [0.25, 0.3) is 0 Å². The summed E-state index contributed by atoms with van der Waals surface area (Å²) in [5, 5.41) is 0. The van der Waals surface area contributed by atoms with Crippen molar-refractivity contribution < 1.29 is 14.3 Å². The van der Waals surface area contributed by atoms with Crippen LogP contribution in [-0.2, 0) is 14.3 Å². The van der Waals surface area contributed by atoms with Gasteiger partial charge in [-0.1, -0.05) is 39.7 Å². The molecule has 16 heavy (non-hydrogen) atoms. The van der Waals surface area contributed by atoms with Gasteiger partial charge in [0.1, 0.15) is 6.61 Å². The number of hydrogen-bond donors (Lipinski definition) is 0. The highest BCUT2D eigenvalue weighted by Gasteiger charge is 1.96. The van der Waals surface area contributed by atoms with Gasteiger partial charge in [-0.25, -0.2) is 4.79 Å². The maximum absolute atomic E-state index is 10.7. The fourth-order valence-corrected chi connectivity index (χ4v) is 1.30. The number of hydrogen-bond acceptors (Lipinski definition) is 3. The van der Waals surface area contributed by atoms with Gasteiger partial charge in [0.25, 0.3) is 0 Å². The third-order valence-corrected chi connectivity index (χ3v) is 2.21. The number of esters is 1. The molecule has 0 aromatic carbocycles. The van der Waals surface area contributed by atoms with E-state index in [1.54, 1.807) is 0 Å². The first kappa shape index (κ1) is 15.2. The van der Waals surface area contributed by atoms with Crippen molar-refractivity contribution in [3.05, 3.63) is 12.7 Å². The third kappa shape index (κ3) is 11.2. The third-order valence-electron chi connectivity index (χ3n) is 2.21. The van der Waals surface area contributed by atoms with Crippen molar-refractivity contribution in [2.75, 3.05) is 19.8 Å². The SMILES string of the molecule is C=CC(=O)OCCOCCCCCC(C)C. The minimum Gasteiger partial charge on any atom is -0.460 e. The number of unbranched alkanes of at least 4 members (excludes halogenated alkanes) is 2. The molecule has 0 aromatic rings. The molecule has 0 heterocycles. The highest BCUT2D eigenvalue weighted by molar-refractivity contribution is 5.81. The van der Waals surface area contributed by atoms with E-state index < -0.39 is 0 Å². The Labute approximate surface area is 98.8 Å². The Balaban J connectivity index is 3.04. The van der Waals surface area contributed by atoms with Gasteiger partial charge < -0.3 is 9.47 Å². The molecule has 0 bridgehead atoms. The Morgan fingerprint density at radius 1 is 1.19 bits per heavy atom. The minimum absolute atomic E-state index is 0.316. The van der Waals surface area contributed by atoms with Crippen LogP contribution in [0.15, 0.2) is 12.7 Å². The zero-order valence-electron chi connectivity index (χ0n) is 10.5. The van der Waals surface area contributed by atoms with E-state index in [0.29, 0.717) is 13.2 Å². The zero-order valence-corrected chi connectivity index (χ0v) is 10.5. The van der Waals surface area contributed by atoms with Gasteiger partial charge in [-0.05, 0) is 12.3 Å². The van der Waals surface area contributed by atoms with Gasteiger partial charge in [0, 0.05) is 12.7 Å². The molecule has 0 aliphatic carbocycles. The number of ether oxygens (including phenoxy) is 2. The smallest absolute Gasteiger partial charge is 0.330 e. The average Bonchev–Trinajstić information content (AvgIpc) is 2.26. The van der Waals surface area contributed by atoms with E-state index in [4.69, 9.17) is 9.47 Å². The first-order chi connectivity index (χ1) is 7.66. The lowest BCUT2D eigenvalue weighted by Crippen LogP contribution is -2.08. The molecular weight excluding hydrogens is 204 g/mol. The molecule has 0 amide bonds. The van der Waals surface area contributed by atoms with E-state index in [9.17, 15) is 4.79 Å². The van der Waals surface area contributed by atoms with Crippen LogP contribution in [0.2, 0.25) is 0 Å². The molecule has 0 N–H and O–H groups in total. The van der Waals surface area contributed by atoms with E-state index >= 15 is 0 Å². The van der Waals surface area contributed by atoms with Crippen molar-refractivity contribution in [2.24, 2.45) is 5.92 Å². The Bertz CT molecular complexity index is 188. The molecule has 0 fully saturated rings. The summed E-state index contributed by atoms with van der Waals surface area (Å²) in [4.78, 5) is 10.7. The molecule has 0 spiro atoms. The lowest BCUT2D eigenvalue weighted by Gasteiger charge is -2.05. The number of rotatable bonds is 10. The van der Waals surface area contributed by atoms with E-state index in [1.807, 2.05) is 0 Å². The monoisotopic (exact) mass is 228 g/mol. The summed E-state index contributed by atoms with van der Waals surface area (Å²) in [6, 6.07) is 0. The minimum atomic E-state index is -0.388. The molecule has 0 rings (SSSR count). The van der Waals surface area contributed by atoms with Crippen molar-refractivity contribution >= 4 is 5.97 Å². The second-order valence-corrected chi connectivity index (χ2v) is 4.23. The number of carbonyl (C=O) groups is 1. The summed E-state index contributed by atoms with van der Waals surface area (Å²) < 4.78 is 10.1. The maximum atomic E-state index is 10.7. The second-order valence-electron chi connectivity index (χ2n) is 4.23. The largest absolute Gasteiger partial charge is 0.460 e. The Morgan fingerprint density at radius 3 is 2.56 bits per heavy atom. The molecule has 3 nitrogen and oxygen atoms in total. The Kier molecular flexibility index (Phi) is 10.1. The van der Waals surface area contributed by atoms with Crippen LogP contribution >= 0.6 is 0 Å². The van der Waals surface area contributed by atoms with Crippen LogP contribution < -0.4 is 0 Å². The predicted octanol–water partition coefficient (Wildman–Crippen LogP) is 2.95. The zero-order chi connectivity index (χ0) is 12.2. The van der Waals surface area contributed by atoms with Gasteiger partial charge in [-0.15, -0.1) is 0 Å². The standard InChI is InChI=1S/C13H24O3/c1-4-13(14)16-11-10-15-9-7-5-6-8-12(2)3/h4,12H,1,5-11H2,2-3H3. The average molecular weight is 228 g/mol. The fraction of sp³-hybridized carbons (Fsp3) is 0.769. The summed E-state index contributed by atoms with van der Waals surface area (Å²) in [7, 11) is 0. The first-order valence-electron chi connectivity index (χ1n) is 6.03. The van der Waals surface area contributed by atoms with Gasteiger partial charge in [0.05, 0.1) is 6.61 Å². The molecule has 0 radical (unpaired) electrons. The molecule has 94 valence electrons. The van der Waals surface area contributed by atoms with Crippen molar-refractivity contribution in [3.8, 4) is 0 Å². The van der Waals surface area contributed by atoms with Crippen LogP contribution in [0.4, 0.5) is 0 Å². The molecule has 0 unspecified atom stereocenters. The van der Waals surface area contributed by atoms with E-state index in [0.717, 1.165) is 25.0 Å². The van der Waals surface area contributed by atoms with Gasteiger partial charge in [-0.2, -0.15) is 0 Å². The topological polar surface area (TPSA) is 35.5 Å². The van der Waals surface area contributed by atoms with E-state index in [2.05, 4.69) is 20.4 Å². The summed E-state index contributed by atoms with van der Waals surface area (Å²) in [5.74, 6) is 0.403. The van der Waals surface area contributed by atoms with Crippen molar-refractivity contribution in [3.63, 3.8) is 0 Å². The molecule has 0 atom stereocenters.